The van der Waals surface area contributed by atoms with Crippen LogP contribution < -0.4 is 0 Å². The van der Waals surface area contributed by atoms with Crippen molar-refractivity contribution in [1.29, 1.82) is 0 Å². The number of aryl methyl sites for hydroxylation is 4. The van der Waals surface area contributed by atoms with Gasteiger partial charge in [-0.15, -0.1) is 0 Å². The van der Waals surface area contributed by atoms with E-state index in [4.69, 9.17) is 4.42 Å². The van der Waals surface area contributed by atoms with E-state index in [1.165, 1.54) is 115 Å². The zero-order valence-corrected chi connectivity index (χ0v) is 29.6. The molecule has 0 atom stereocenters. The smallest absolute Gasteiger partial charge is 0.136 e. The zero-order valence-electron chi connectivity index (χ0n) is 29.6. The Bertz CT molecular complexity index is 2810. The molecule has 0 amide bonds. The highest BCUT2D eigenvalue weighted by Gasteiger charge is 2.27. The summed E-state index contributed by atoms with van der Waals surface area (Å²) < 4.78 is 6.50. The Morgan fingerprint density at radius 2 is 0.837 bits per heavy atom. The Labute approximate surface area is 287 Å². The summed E-state index contributed by atoms with van der Waals surface area (Å²) in [5, 5.41) is 12.9. The van der Waals surface area contributed by atoms with Gasteiger partial charge in [-0.3, -0.25) is 0 Å². The van der Waals surface area contributed by atoms with Crippen molar-refractivity contribution in [3.05, 3.63) is 142 Å². The second kappa shape index (κ2) is 10.5. The predicted molar refractivity (Wildman–Crippen MR) is 213 cm³/mol. The van der Waals surface area contributed by atoms with Gasteiger partial charge in [0.2, 0.25) is 0 Å². The minimum atomic E-state index is 0.929. The summed E-state index contributed by atoms with van der Waals surface area (Å²) in [6.45, 7) is 18.6. The average molecular weight is 633 g/mol. The summed E-state index contributed by atoms with van der Waals surface area (Å²) in [5.41, 5.74) is 17.9. The van der Waals surface area contributed by atoms with E-state index in [0.717, 1.165) is 16.6 Å². The minimum Gasteiger partial charge on any atom is -0.456 e. The van der Waals surface area contributed by atoms with Crippen LogP contribution >= 0.6 is 0 Å². The largest absolute Gasteiger partial charge is 0.456 e. The fraction of sp³-hybridized carbons (Fsp3) is 0.167. The number of fused-ring (bicyclic) bond motifs is 8. The van der Waals surface area contributed by atoms with Crippen LogP contribution in [0.5, 0.6) is 0 Å². The molecule has 0 aliphatic carbocycles. The molecule has 0 aliphatic heterocycles. The third-order valence-corrected chi connectivity index (χ3v) is 12.1. The highest BCUT2D eigenvalue weighted by molar-refractivity contribution is 6.29. The van der Waals surface area contributed by atoms with Crippen LogP contribution in [0.25, 0.3) is 87.3 Å². The fourth-order valence-corrected chi connectivity index (χ4v) is 8.82. The summed E-state index contributed by atoms with van der Waals surface area (Å²) in [6, 6.07) is 35.6. The van der Waals surface area contributed by atoms with Crippen molar-refractivity contribution in [2.24, 2.45) is 0 Å². The van der Waals surface area contributed by atoms with Crippen LogP contribution in [0.15, 0.2) is 101 Å². The molecule has 0 fully saturated rings. The average Bonchev–Trinajstić information content (AvgIpc) is 3.52. The number of hydrogen-bond donors (Lipinski definition) is 0. The normalized spacial score (nSPS) is 12.1. The van der Waals surface area contributed by atoms with E-state index in [2.05, 4.69) is 152 Å². The monoisotopic (exact) mass is 632 g/mol. The molecule has 0 bridgehead atoms. The maximum atomic E-state index is 6.50. The highest BCUT2D eigenvalue weighted by Crippen LogP contribution is 2.52. The standard InChI is InChI=1S/C48H40O/c1-25-27(3)31(7)44-42(29(25)5)46(35-23-22-34-21-20-33-14-9-10-15-36(33)39(34)24-35)43-30(6)26(2)28(4)32(8)45(43)48(44)38-17-13-19-41-47(38)37-16-11-12-18-40(37)49-41/h9-24H,1-8H3. The van der Waals surface area contributed by atoms with E-state index in [9.17, 15) is 0 Å². The summed E-state index contributed by atoms with van der Waals surface area (Å²) in [4.78, 5) is 0. The van der Waals surface area contributed by atoms with E-state index in [1.54, 1.807) is 0 Å². The van der Waals surface area contributed by atoms with E-state index in [-0.39, 0.29) is 0 Å². The van der Waals surface area contributed by atoms with E-state index in [1.807, 2.05) is 0 Å². The first-order chi connectivity index (χ1) is 23.7. The molecule has 9 rings (SSSR count). The van der Waals surface area contributed by atoms with Gasteiger partial charge in [-0.2, -0.15) is 0 Å². The zero-order chi connectivity index (χ0) is 33.9. The van der Waals surface area contributed by atoms with Gasteiger partial charge in [0, 0.05) is 10.8 Å². The molecule has 0 radical (unpaired) electrons. The van der Waals surface area contributed by atoms with Crippen molar-refractivity contribution in [3.63, 3.8) is 0 Å². The van der Waals surface area contributed by atoms with Gasteiger partial charge in [0.25, 0.3) is 0 Å². The minimum absolute atomic E-state index is 0.929. The fourth-order valence-electron chi connectivity index (χ4n) is 8.82. The summed E-state index contributed by atoms with van der Waals surface area (Å²) in [5.74, 6) is 0. The van der Waals surface area contributed by atoms with E-state index in [0.29, 0.717) is 0 Å². The van der Waals surface area contributed by atoms with Crippen LogP contribution in [-0.2, 0) is 0 Å². The van der Waals surface area contributed by atoms with Gasteiger partial charge in [0.15, 0.2) is 0 Å². The quantitative estimate of drug-likeness (QED) is 0.136. The van der Waals surface area contributed by atoms with Crippen LogP contribution in [0.4, 0.5) is 0 Å². The lowest BCUT2D eigenvalue weighted by atomic mass is 9.76. The first-order valence-electron chi connectivity index (χ1n) is 17.5. The molecule has 238 valence electrons. The van der Waals surface area contributed by atoms with Gasteiger partial charge in [-0.05, 0) is 183 Å². The molecule has 9 aromatic rings. The van der Waals surface area contributed by atoms with Crippen molar-refractivity contribution in [1.82, 2.24) is 0 Å². The molecule has 49 heavy (non-hydrogen) atoms. The Morgan fingerprint density at radius 3 is 1.47 bits per heavy atom. The number of benzene rings is 8. The lowest BCUT2D eigenvalue weighted by molar-refractivity contribution is 0.669. The number of furan rings is 1. The predicted octanol–water partition coefficient (Wildman–Crippen LogP) is 14.0. The molecule has 8 aromatic carbocycles. The number of para-hydroxylation sites is 1. The van der Waals surface area contributed by atoms with Crippen LogP contribution in [0.1, 0.15) is 44.5 Å². The second-order valence-corrected chi connectivity index (χ2v) is 14.2. The lowest BCUT2D eigenvalue weighted by Gasteiger charge is -2.27. The van der Waals surface area contributed by atoms with Gasteiger partial charge in [0.05, 0.1) is 0 Å². The lowest BCUT2D eigenvalue weighted by Crippen LogP contribution is -2.03. The van der Waals surface area contributed by atoms with Gasteiger partial charge < -0.3 is 4.42 Å². The third-order valence-electron chi connectivity index (χ3n) is 12.1. The molecule has 1 aromatic heterocycles. The molecular formula is C48H40O. The summed E-state index contributed by atoms with van der Waals surface area (Å²) >= 11 is 0. The first kappa shape index (κ1) is 29.7. The van der Waals surface area contributed by atoms with Crippen LogP contribution in [0.2, 0.25) is 0 Å². The maximum absolute atomic E-state index is 6.50. The summed E-state index contributed by atoms with van der Waals surface area (Å²) in [7, 11) is 0. The second-order valence-electron chi connectivity index (χ2n) is 14.2. The van der Waals surface area contributed by atoms with Crippen LogP contribution in [-0.4, -0.2) is 0 Å². The molecule has 1 heteroatoms. The molecule has 0 N–H and O–H groups in total. The third kappa shape index (κ3) is 3.99. The molecule has 1 nitrogen and oxygen atoms in total. The Balaban J connectivity index is 1.59. The van der Waals surface area contributed by atoms with Gasteiger partial charge in [0.1, 0.15) is 11.2 Å². The Hall–Kier alpha value is -5.40. The molecule has 1 heterocycles. The van der Waals surface area contributed by atoms with Gasteiger partial charge in [-0.25, -0.2) is 0 Å². The van der Waals surface area contributed by atoms with Crippen LogP contribution in [0.3, 0.4) is 0 Å². The maximum Gasteiger partial charge on any atom is 0.136 e. The molecule has 0 aliphatic rings. The summed E-state index contributed by atoms with van der Waals surface area (Å²) in [6.07, 6.45) is 0. The first-order valence-corrected chi connectivity index (χ1v) is 17.5. The Morgan fingerprint density at radius 1 is 0.347 bits per heavy atom. The molecule has 0 saturated heterocycles. The molecular weight excluding hydrogens is 593 g/mol. The SMILES string of the molecule is Cc1c(C)c(C)c2c(-c3cccc4oc5ccccc5c34)c3c(C)c(C)c(C)c(C)c3c(-c3ccc4ccc5ccccc5c4c3)c2c1C. The van der Waals surface area contributed by atoms with Crippen molar-refractivity contribution in [2.75, 3.05) is 0 Å². The van der Waals surface area contributed by atoms with E-state index >= 15 is 0 Å². The van der Waals surface area contributed by atoms with Crippen LogP contribution in [0, 0.1) is 55.4 Å². The van der Waals surface area contributed by atoms with Crippen molar-refractivity contribution in [3.8, 4) is 22.3 Å². The van der Waals surface area contributed by atoms with Crippen molar-refractivity contribution in [2.45, 2.75) is 55.4 Å². The van der Waals surface area contributed by atoms with E-state index < -0.39 is 0 Å². The molecule has 0 unspecified atom stereocenters. The van der Waals surface area contributed by atoms with Crippen molar-refractivity contribution >= 4 is 65.0 Å². The van der Waals surface area contributed by atoms with Gasteiger partial charge in [-0.1, -0.05) is 78.9 Å². The highest BCUT2D eigenvalue weighted by atomic mass is 16.3. The number of hydrogen-bond acceptors (Lipinski definition) is 1. The number of rotatable bonds is 2. The van der Waals surface area contributed by atoms with Gasteiger partial charge >= 0.3 is 0 Å². The topological polar surface area (TPSA) is 13.1 Å². The van der Waals surface area contributed by atoms with Crippen molar-refractivity contribution < 1.29 is 4.42 Å². The Kier molecular flexibility index (Phi) is 6.40. The molecule has 0 saturated carbocycles. The molecule has 0 spiro atoms.